The van der Waals surface area contributed by atoms with E-state index < -0.39 is 0 Å². The molecule has 104 valence electrons. The van der Waals surface area contributed by atoms with E-state index in [-0.39, 0.29) is 18.0 Å². The number of hydrogen-bond donors (Lipinski definition) is 2. The number of nitrogens with two attached hydrogens (primary N) is 1. The van der Waals surface area contributed by atoms with E-state index in [2.05, 4.69) is 29.7 Å². The Balaban J connectivity index is 1.91. The minimum Gasteiger partial charge on any atom is -0.330 e. The van der Waals surface area contributed by atoms with E-state index in [1.807, 2.05) is 55.5 Å². The Kier molecular flexibility index (Phi) is 4.91. The molecule has 1 amide bonds. The van der Waals surface area contributed by atoms with Crippen LogP contribution in [0.15, 0.2) is 60.7 Å². The first-order chi connectivity index (χ1) is 9.66. The van der Waals surface area contributed by atoms with Gasteiger partial charge in [0.15, 0.2) is 6.04 Å². The van der Waals surface area contributed by atoms with E-state index in [1.54, 1.807) is 0 Å². The minimum atomic E-state index is -0.134. The van der Waals surface area contributed by atoms with Gasteiger partial charge in [0.1, 0.15) is 6.04 Å². The Bertz CT molecular complexity index is 539. The van der Waals surface area contributed by atoms with E-state index in [4.69, 9.17) is 0 Å². The van der Waals surface area contributed by atoms with Gasteiger partial charge < -0.3 is 10.6 Å². The highest BCUT2D eigenvalue weighted by molar-refractivity contribution is 5.93. The average molecular weight is 269 g/mol. The molecule has 0 aromatic heterocycles. The van der Waals surface area contributed by atoms with Gasteiger partial charge in [-0.05, 0) is 26.0 Å². The summed E-state index contributed by atoms with van der Waals surface area (Å²) < 4.78 is 0. The molecule has 0 spiro atoms. The van der Waals surface area contributed by atoms with Gasteiger partial charge in [-0.2, -0.15) is 0 Å². The molecule has 2 atom stereocenters. The van der Waals surface area contributed by atoms with E-state index in [0.717, 1.165) is 5.69 Å². The van der Waals surface area contributed by atoms with Crippen molar-refractivity contribution in [3.63, 3.8) is 0 Å². The Labute approximate surface area is 120 Å². The maximum atomic E-state index is 12.1. The van der Waals surface area contributed by atoms with E-state index in [1.165, 1.54) is 5.56 Å². The summed E-state index contributed by atoms with van der Waals surface area (Å²) in [5.74, 6) is 0.0268. The fourth-order valence-electron chi connectivity index (χ4n) is 2.17. The lowest BCUT2D eigenvalue weighted by Gasteiger charge is -2.16. The number of para-hydroxylation sites is 1. The number of hydrogen-bond acceptors (Lipinski definition) is 1. The molecular formula is C17H21N2O+. The Hall–Kier alpha value is -2.13. The number of carbonyl (C=O) groups is 1. The van der Waals surface area contributed by atoms with E-state index in [9.17, 15) is 4.79 Å². The molecule has 2 rings (SSSR count). The molecule has 3 nitrogen and oxygen atoms in total. The number of amides is 1. The van der Waals surface area contributed by atoms with Gasteiger partial charge in [0.2, 0.25) is 0 Å². The summed E-state index contributed by atoms with van der Waals surface area (Å²) in [5, 5.41) is 5.01. The number of benzene rings is 2. The zero-order chi connectivity index (χ0) is 14.4. The fraction of sp³-hybridized carbons (Fsp3) is 0.235. The Morgan fingerprint density at radius 2 is 1.50 bits per heavy atom. The standard InChI is InChI=1S/C17H20N2O/c1-13(15-9-5-3-6-10-15)18-14(2)17(20)19-16-11-7-4-8-12-16/h3-14,18H,1-2H3,(H,19,20)/p+1/t13-,14+/m1/s1. The Morgan fingerprint density at radius 1 is 0.950 bits per heavy atom. The summed E-state index contributed by atoms with van der Waals surface area (Å²) in [4.78, 5) is 12.1. The fourth-order valence-corrected chi connectivity index (χ4v) is 2.17. The van der Waals surface area contributed by atoms with Crippen LogP contribution < -0.4 is 10.6 Å². The molecule has 0 aliphatic carbocycles. The van der Waals surface area contributed by atoms with Crippen molar-refractivity contribution in [3.8, 4) is 0 Å². The predicted molar refractivity (Wildman–Crippen MR) is 81.3 cm³/mol. The minimum absolute atomic E-state index is 0.0268. The quantitative estimate of drug-likeness (QED) is 0.860. The number of anilines is 1. The molecule has 0 aliphatic rings. The summed E-state index contributed by atoms with van der Waals surface area (Å²) in [7, 11) is 0. The third kappa shape index (κ3) is 3.93. The highest BCUT2D eigenvalue weighted by atomic mass is 16.2. The molecule has 0 heterocycles. The van der Waals surface area contributed by atoms with Crippen LogP contribution in [0.2, 0.25) is 0 Å². The van der Waals surface area contributed by atoms with Crippen molar-refractivity contribution in [1.82, 2.24) is 0 Å². The largest absolute Gasteiger partial charge is 0.330 e. The van der Waals surface area contributed by atoms with Crippen molar-refractivity contribution in [3.05, 3.63) is 66.2 Å². The van der Waals surface area contributed by atoms with Crippen LogP contribution in [0, 0.1) is 0 Å². The third-order valence-corrected chi connectivity index (χ3v) is 3.36. The van der Waals surface area contributed by atoms with Crippen molar-refractivity contribution in [2.45, 2.75) is 25.9 Å². The molecule has 0 unspecified atom stereocenters. The van der Waals surface area contributed by atoms with Crippen LogP contribution in [-0.2, 0) is 4.79 Å². The molecule has 2 aromatic rings. The van der Waals surface area contributed by atoms with Crippen LogP contribution >= 0.6 is 0 Å². The van der Waals surface area contributed by atoms with Crippen LogP contribution in [0.4, 0.5) is 5.69 Å². The van der Waals surface area contributed by atoms with Crippen molar-refractivity contribution in [1.29, 1.82) is 0 Å². The summed E-state index contributed by atoms with van der Waals surface area (Å²) in [5.41, 5.74) is 2.07. The van der Waals surface area contributed by atoms with Gasteiger partial charge in [0, 0.05) is 11.3 Å². The second kappa shape index (κ2) is 6.87. The highest BCUT2D eigenvalue weighted by Gasteiger charge is 2.20. The summed E-state index contributed by atoms with van der Waals surface area (Å²) in [6, 6.07) is 19.9. The van der Waals surface area contributed by atoms with Gasteiger partial charge in [0.05, 0.1) is 0 Å². The third-order valence-electron chi connectivity index (χ3n) is 3.36. The van der Waals surface area contributed by atoms with Crippen LogP contribution in [0.1, 0.15) is 25.5 Å². The molecule has 0 saturated heterocycles. The smallest absolute Gasteiger partial charge is 0.282 e. The first-order valence-corrected chi connectivity index (χ1v) is 6.92. The lowest BCUT2D eigenvalue weighted by molar-refractivity contribution is -0.709. The topological polar surface area (TPSA) is 45.7 Å². The first-order valence-electron chi connectivity index (χ1n) is 6.92. The van der Waals surface area contributed by atoms with Crippen molar-refractivity contribution >= 4 is 11.6 Å². The van der Waals surface area contributed by atoms with E-state index in [0.29, 0.717) is 0 Å². The molecule has 3 N–H and O–H groups in total. The van der Waals surface area contributed by atoms with Gasteiger partial charge in [-0.1, -0.05) is 48.5 Å². The van der Waals surface area contributed by atoms with Gasteiger partial charge in [-0.3, -0.25) is 4.79 Å². The lowest BCUT2D eigenvalue weighted by atomic mass is 10.1. The number of carbonyl (C=O) groups excluding carboxylic acids is 1. The second-order valence-corrected chi connectivity index (χ2v) is 5.04. The summed E-state index contributed by atoms with van der Waals surface area (Å²) >= 11 is 0. The molecule has 0 aliphatic heterocycles. The van der Waals surface area contributed by atoms with Gasteiger partial charge in [0.25, 0.3) is 5.91 Å². The average Bonchev–Trinajstić information content (AvgIpc) is 2.49. The predicted octanol–water partition coefficient (Wildman–Crippen LogP) is 2.34. The lowest BCUT2D eigenvalue weighted by Crippen LogP contribution is -2.91. The number of nitrogens with one attached hydrogen (secondary N) is 1. The maximum absolute atomic E-state index is 12.1. The van der Waals surface area contributed by atoms with Crippen LogP contribution in [0.25, 0.3) is 0 Å². The monoisotopic (exact) mass is 269 g/mol. The highest BCUT2D eigenvalue weighted by Crippen LogP contribution is 2.08. The zero-order valence-electron chi connectivity index (χ0n) is 11.9. The first kappa shape index (κ1) is 14.3. The van der Waals surface area contributed by atoms with Crippen LogP contribution in [-0.4, -0.2) is 11.9 Å². The van der Waals surface area contributed by atoms with Crippen molar-refractivity contribution in [2.75, 3.05) is 5.32 Å². The maximum Gasteiger partial charge on any atom is 0.282 e. The molecule has 0 fully saturated rings. The SMILES string of the molecule is C[C@H]([NH2+][C@H](C)c1ccccc1)C(=O)Nc1ccccc1. The molecule has 20 heavy (non-hydrogen) atoms. The molecule has 0 saturated carbocycles. The number of quaternary nitrogens is 1. The molecular weight excluding hydrogens is 248 g/mol. The van der Waals surface area contributed by atoms with Crippen molar-refractivity contribution < 1.29 is 10.1 Å². The zero-order valence-corrected chi connectivity index (χ0v) is 11.9. The van der Waals surface area contributed by atoms with E-state index >= 15 is 0 Å². The van der Waals surface area contributed by atoms with Gasteiger partial charge >= 0.3 is 0 Å². The number of rotatable bonds is 5. The van der Waals surface area contributed by atoms with Crippen LogP contribution in [0.5, 0.6) is 0 Å². The van der Waals surface area contributed by atoms with Crippen LogP contribution in [0.3, 0.4) is 0 Å². The summed E-state index contributed by atoms with van der Waals surface area (Å²) in [6.45, 7) is 4.04. The van der Waals surface area contributed by atoms with Gasteiger partial charge in [-0.25, -0.2) is 0 Å². The summed E-state index contributed by atoms with van der Waals surface area (Å²) in [6.07, 6.45) is 0. The second-order valence-electron chi connectivity index (χ2n) is 5.04. The molecule has 0 radical (unpaired) electrons. The Morgan fingerprint density at radius 3 is 2.10 bits per heavy atom. The van der Waals surface area contributed by atoms with Crippen molar-refractivity contribution in [2.24, 2.45) is 0 Å². The molecule has 0 bridgehead atoms. The normalized spacial score (nSPS) is 13.5. The van der Waals surface area contributed by atoms with Gasteiger partial charge in [-0.15, -0.1) is 0 Å². The molecule has 2 aromatic carbocycles. The molecule has 3 heteroatoms.